The Morgan fingerprint density at radius 2 is 1.93 bits per heavy atom. The van der Waals surface area contributed by atoms with Gasteiger partial charge in [0.1, 0.15) is 17.1 Å². The quantitative estimate of drug-likeness (QED) is 0.605. The predicted molar refractivity (Wildman–Crippen MR) is 98.6 cm³/mol. The summed E-state index contributed by atoms with van der Waals surface area (Å²) in [5.41, 5.74) is 0.432. The van der Waals surface area contributed by atoms with Crippen molar-refractivity contribution in [2.24, 2.45) is 0 Å². The number of nitrogens with zero attached hydrogens (tertiary/aromatic N) is 2. The van der Waals surface area contributed by atoms with Gasteiger partial charge in [0, 0.05) is 6.20 Å². The van der Waals surface area contributed by atoms with E-state index >= 15 is 0 Å². The van der Waals surface area contributed by atoms with Crippen LogP contribution in [0, 0.1) is 0 Å². The normalized spacial score (nSPS) is 11.2. The van der Waals surface area contributed by atoms with Crippen molar-refractivity contribution in [1.29, 1.82) is 0 Å². The molecule has 3 aromatic rings. The lowest BCUT2D eigenvalue weighted by Gasteiger charge is -2.13. The number of carbonyl (C=O) groups excluding carboxylic acids is 2. The number of ether oxygens (including phenoxy) is 2. The third-order valence-corrected chi connectivity index (χ3v) is 4.67. The fourth-order valence-electron chi connectivity index (χ4n) is 2.39. The standard InChI is InChI=1S/C18H14F3N3O4S/c1-27-17(26)15-7-6-14(29-15)12-8-9-24(23-12)10-16(25)22-11-4-2-3-5-13(11)28-18(19,20)21/h2-9H,10H2,1H3,(H,22,25). The zero-order valence-corrected chi connectivity index (χ0v) is 15.7. The van der Waals surface area contributed by atoms with Crippen LogP contribution in [-0.2, 0) is 16.1 Å². The summed E-state index contributed by atoms with van der Waals surface area (Å²) in [5.74, 6) is -1.55. The summed E-state index contributed by atoms with van der Waals surface area (Å²) in [6.07, 6.45) is -3.33. The fraction of sp³-hybridized carbons (Fsp3) is 0.167. The molecule has 0 unspecified atom stereocenters. The van der Waals surface area contributed by atoms with Gasteiger partial charge in [-0.2, -0.15) is 5.10 Å². The van der Waals surface area contributed by atoms with Gasteiger partial charge in [-0.25, -0.2) is 4.79 Å². The zero-order valence-electron chi connectivity index (χ0n) is 14.9. The fourth-order valence-corrected chi connectivity index (χ4v) is 3.28. The summed E-state index contributed by atoms with van der Waals surface area (Å²) in [6, 6.07) is 10.2. The predicted octanol–water partition coefficient (Wildman–Crippen LogP) is 3.94. The second-order valence-corrected chi connectivity index (χ2v) is 6.73. The number of hydrogen-bond acceptors (Lipinski definition) is 6. The zero-order chi connectivity index (χ0) is 21.0. The van der Waals surface area contributed by atoms with Crippen LogP contribution in [0.4, 0.5) is 18.9 Å². The average molecular weight is 425 g/mol. The van der Waals surface area contributed by atoms with Gasteiger partial charge >= 0.3 is 12.3 Å². The number of rotatable bonds is 6. The molecule has 0 radical (unpaired) electrons. The molecule has 1 N–H and O–H groups in total. The highest BCUT2D eigenvalue weighted by atomic mass is 32.1. The van der Waals surface area contributed by atoms with Crippen LogP contribution in [0.3, 0.4) is 0 Å². The molecule has 3 rings (SSSR count). The van der Waals surface area contributed by atoms with E-state index in [1.54, 1.807) is 24.4 Å². The first kappa shape index (κ1) is 20.4. The van der Waals surface area contributed by atoms with Gasteiger partial charge in [-0.15, -0.1) is 24.5 Å². The maximum atomic E-state index is 12.5. The Kier molecular flexibility index (Phi) is 5.87. The van der Waals surface area contributed by atoms with Gasteiger partial charge in [-0.05, 0) is 30.3 Å². The molecule has 0 atom stereocenters. The third-order valence-electron chi connectivity index (χ3n) is 3.58. The Morgan fingerprint density at radius 3 is 2.66 bits per heavy atom. The molecule has 152 valence electrons. The van der Waals surface area contributed by atoms with Crippen molar-refractivity contribution in [3.8, 4) is 16.3 Å². The van der Waals surface area contributed by atoms with Crippen LogP contribution in [0.2, 0.25) is 0 Å². The number of para-hydroxylation sites is 2. The molecule has 11 heteroatoms. The minimum atomic E-state index is -4.87. The van der Waals surface area contributed by atoms with Crippen LogP contribution in [0.5, 0.6) is 5.75 Å². The molecule has 0 fully saturated rings. The lowest BCUT2D eigenvalue weighted by atomic mass is 10.3. The summed E-state index contributed by atoms with van der Waals surface area (Å²) in [7, 11) is 1.28. The van der Waals surface area contributed by atoms with Crippen molar-refractivity contribution >= 4 is 28.9 Å². The number of methoxy groups -OCH3 is 1. The van der Waals surface area contributed by atoms with Crippen molar-refractivity contribution in [2.45, 2.75) is 12.9 Å². The van der Waals surface area contributed by atoms with E-state index in [0.29, 0.717) is 15.4 Å². The molecule has 1 amide bonds. The van der Waals surface area contributed by atoms with E-state index in [1.165, 1.54) is 41.3 Å². The summed E-state index contributed by atoms with van der Waals surface area (Å²) in [5, 5.41) is 6.62. The number of carbonyl (C=O) groups is 2. The van der Waals surface area contributed by atoms with Crippen molar-refractivity contribution in [3.05, 3.63) is 53.5 Å². The third kappa shape index (κ3) is 5.35. The van der Waals surface area contributed by atoms with Gasteiger partial charge in [0.25, 0.3) is 0 Å². The Bertz CT molecular complexity index is 1030. The molecule has 0 aliphatic heterocycles. The molecule has 7 nitrogen and oxygen atoms in total. The first-order valence-corrected chi connectivity index (χ1v) is 8.93. The number of alkyl halides is 3. The van der Waals surface area contributed by atoms with E-state index in [9.17, 15) is 22.8 Å². The van der Waals surface area contributed by atoms with Gasteiger partial charge in [0.15, 0.2) is 5.75 Å². The molecule has 29 heavy (non-hydrogen) atoms. The number of halogens is 3. The van der Waals surface area contributed by atoms with Gasteiger partial charge in [0.2, 0.25) is 5.91 Å². The lowest BCUT2D eigenvalue weighted by Crippen LogP contribution is -2.22. The Balaban J connectivity index is 1.67. The molecule has 0 saturated carbocycles. The Morgan fingerprint density at radius 1 is 1.17 bits per heavy atom. The van der Waals surface area contributed by atoms with E-state index in [2.05, 4.69) is 19.9 Å². The molecule has 0 spiro atoms. The van der Waals surface area contributed by atoms with Crippen LogP contribution < -0.4 is 10.1 Å². The van der Waals surface area contributed by atoms with Gasteiger partial charge in [0.05, 0.1) is 17.7 Å². The lowest BCUT2D eigenvalue weighted by molar-refractivity contribution is -0.274. The van der Waals surface area contributed by atoms with Gasteiger partial charge < -0.3 is 14.8 Å². The summed E-state index contributed by atoms with van der Waals surface area (Å²) >= 11 is 1.19. The molecule has 0 bridgehead atoms. The molecule has 1 aromatic carbocycles. The minimum absolute atomic E-state index is 0.108. The summed E-state index contributed by atoms with van der Waals surface area (Å²) < 4.78 is 47.3. The molecule has 2 heterocycles. The smallest absolute Gasteiger partial charge is 0.465 e. The summed E-state index contributed by atoms with van der Waals surface area (Å²) in [4.78, 5) is 24.9. The molecule has 0 saturated heterocycles. The van der Waals surface area contributed by atoms with E-state index in [1.807, 2.05) is 0 Å². The van der Waals surface area contributed by atoms with E-state index in [0.717, 1.165) is 6.07 Å². The summed E-state index contributed by atoms with van der Waals surface area (Å²) in [6.45, 7) is -0.227. The van der Waals surface area contributed by atoms with E-state index in [-0.39, 0.29) is 12.2 Å². The van der Waals surface area contributed by atoms with Crippen molar-refractivity contribution < 1.29 is 32.2 Å². The van der Waals surface area contributed by atoms with Crippen molar-refractivity contribution in [1.82, 2.24) is 9.78 Å². The number of benzene rings is 1. The number of thiophene rings is 1. The van der Waals surface area contributed by atoms with Gasteiger partial charge in [-0.3, -0.25) is 9.48 Å². The monoisotopic (exact) mass is 425 g/mol. The largest absolute Gasteiger partial charge is 0.573 e. The highest BCUT2D eigenvalue weighted by molar-refractivity contribution is 7.17. The number of amides is 1. The Hall–Kier alpha value is -3.34. The highest BCUT2D eigenvalue weighted by Crippen LogP contribution is 2.30. The van der Waals surface area contributed by atoms with Crippen LogP contribution in [0.25, 0.3) is 10.6 Å². The first-order chi connectivity index (χ1) is 13.7. The van der Waals surface area contributed by atoms with Gasteiger partial charge in [-0.1, -0.05) is 12.1 Å². The maximum Gasteiger partial charge on any atom is 0.573 e. The van der Waals surface area contributed by atoms with Crippen molar-refractivity contribution in [3.63, 3.8) is 0 Å². The average Bonchev–Trinajstić information content (AvgIpc) is 3.31. The second kappa shape index (κ2) is 8.35. The number of aromatic nitrogens is 2. The van der Waals surface area contributed by atoms with Crippen LogP contribution >= 0.6 is 11.3 Å². The first-order valence-electron chi connectivity index (χ1n) is 8.12. The molecule has 0 aliphatic carbocycles. The topological polar surface area (TPSA) is 82.5 Å². The maximum absolute atomic E-state index is 12.5. The molecule has 2 aromatic heterocycles. The molecular weight excluding hydrogens is 411 g/mol. The number of hydrogen-bond donors (Lipinski definition) is 1. The molecular formula is C18H14F3N3O4S. The number of nitrogens with one attached hydrogen (secondary N) is 1. The minimum Gasteiger partial charge on any atom is -0.465 e. The van der Waals surface area contributed by atoms with Crippen LogP contribution in [0.1, 0.15) is 9.67 Å². The second-order valence-electron chi connectivity index (χ2n) is 5.65. The molecule has 0 aliphatic rings. The number of esters is 1. The van der Waals surface area contributed by atoms with Crippen LogP contribution in [0.15, 0.2) is 48.7 Å². The van der Waals surface area contributed by atoms with E-state index in [4.69, 9.17) is 0 Å². The van der Waals surface area contributed by atoms with Crippen molar-refractivity contribution in [2.75, 3.05) is 12.4 Å². The highest BCUT2D eigenvalue weighted by Gasteiger charge is 2.32. The Labute approximate surface area is 166 Å². The van der Waals surface area contributed by atoms with E-state index < -0.39 is 24.0 Å². The SMILES string of the molecule is COC(=O)c1ccc(-c2ccn(CC(=O)Nc3ccccc3OC(F)(F)F)n2)s1. The number of anilines is 1. The van der Waals surface area contributed by atoms with Crippen LogP contribution in [-0.4, -0.2) is 35.1 Å².